The van der Waals surface area contributed by atoms with Crippen LogP contribution in [0.3, 0.4) is 0 Å². The van der Waals surface area contributed by atoms with Crippen LogP contribution in [0.15, 0.2) is 12.3 Å². The van der Waals surface area contributed by atoms with Gasteiger partial charge in [-0.2, -0.15) is 0 Å². The predicted molar refractivity (Wildman–Crippen MR) is 65.3 cm³/mol. The van der Waals surface area contributed by atoms with Gasteiger partial charge in [0.25, 0.3) is 0 Å². The average Bonchev–Trinajstić information content (AvgIpc) is 2.01. The van der Waals surface area contributed by atoms with Crippen LogP contribution in [0, 0.1) is 11.8 Å². The molecule has 0 aromatic heterocycles. The first-order valence-electron chi connectivity index (χ1n) is 5.82. The maximum absolute atomic E-state index is 4.13. The van der Waals surface area contributed by atoms with E-state index >= 15 is 0 Å². The normalized spacial score (nSPS) is 11.1. The van der Waals surface area contributed by atoms with Crippen LogP contribution in [-0.4, -0.2) is 18.5 Å². The second kappa shape index (κ2) is 6.92. The monoisotopic (exact) mass is 197 g/mol. The Labute approximate surface area is 90.2 Å². The molecule has 14 heavy (non-hydrogen) atoms. The van der Waals surface area contributed by atoms with Gasteiger partial charge in [-0.05, 0) is 24.7 Å². The molecular formula is C13H27N. The first-order valence-corrected chi connectivity index (χ1v) is 5.82. The first-order chi connectivity index (χ1) is 6.43. The molecule has 0 unspecified atom stereocenters. The molecule has 0 saturated carbocycles. The quantitative estimate of drug-likeness (QED) is 0.598. The lowest BCUT2D eigenvalue weighted by Gasteiger charge is -2.23. The fourth-order valence-corrected chi connectivity index (χ4v) is 1.58. The van der Waals surface area contributed by atoms with Crippen LogP contribution in [0.2, 0.25) is 0 Å². The molecule has 0 aliphatic heterocycles. The number of nitrogens with zero attached hydrogens (tertiary/aromatic N) is 1. The number of hydrogen-bond donors (Lipinski definition) is 0. The summed E-state index contributed by atoms with van der Waals surface area (Å²) in [6.45, 7) is 14.3. The van der Waals surface area contributed by atoms with Crippen molar-refractivity contribution in [3.8, 4) is 0 Å². The van der Waals surface area contributed by atoms with Gasteiger partial charge in [0.2, 0.25) is 0 Å². The fraction of sp³-hybridized carbons (Fsp3) is 0.846. The number of allylic oxidation sites excluding steroid dienone is 1. The standard InChI is InChI=1S/C13H27N/c1-11(2)8-7-9-13(5)14(6)10-12(3)4/h11-12H,5,7-10H2,1-4,6H3. The van der Waals surface area contributed by atoms with Gasteiger partial charge in [0.1, 0.15) is 0 Å². The van der Waals surface area contributed by atoms with Crippen LogP contribution in [-0.2, 0) is 0 Å². The molecule has 0 spiro atoms. The minimum atomic E-state index is 0.724. The van der Waals surface area contributed by atoms with Crippen LogP contribution in [0.1, 0.15) is 47.0 Å². The van der Waals surface area contributed by atoms with E-state index in [0.717, 1.165) is 24.8 Å². The van der Waals surface area contributed by atoms with Crippen LogP contribution < -0.4 is 0 Å². The fourth-order valence-electron chi connectivity index (χ4n) is 1.58. The SMILES string of the molecule is C=C(CCCC(C)C)N(C)CC(C)C. The molecule has 0 rings (SSSR count). The van der Waals surface area contributed by atoms with E-state index in [-0.39, 0.29) is 0 Å². The largest absolute Gasteiger partial charge is 0.378 e. The van der Waals surface area contributed by atoms with E-state index in [0.29, 0.717) is 0 Å². The molecule has 1 nitrogen and oxygen atoms in total. The van der Waals surface area contributed by atoms with E-state index in [1.54, 1.807) is 0 Å². The smallest absolute Gasteiger partial charge is 0.0194 e. The summed E-state index contributed by atoms with van der Waals surface area (Å²) in [5.41, 5.74) is 1.29. The van der Waals surface area contributed by atoms with Crippen molar-refractivity contribution < 1.29 is 0 Å². The van der Waals surface area contributed by atoms with Crippen molar-refractivity contribution in [2.75, 3.05) is 13.6 Å². The summed E-state index contributed by atoms with van der Waals surface area (Å²) in [4.78, 5) is 2.30. The second-order valence-electron chi connectivity index (χ2n) is 5.13. The zero-order valence-electron chi connectivity index (χ0n) is 10.6. The lowest BCUT2D eigenvalue weighted by Crippen LogP contribution is -2.22. The van der Waals surface area contributed by atoms with E-state index in [2.05, 4.69) is 46.2 Å². The van der Waals surface area contributed by atoms with Crippen molar-refractivity contribution in [3.63, 3.8) is 0 Å². The summed E-state index contributed by atoms with van der Waals surface area (Å²) >= 11 is 0. The van der Waals surface area contributed by atoms with Crippen molar-refractivity contribution in [1.29, 1.82) is 0 Å². The first kappa shape index (κ1) is 13.5. The Kier molecular flexibility index (Phi) is 6.69. The highest BCUT2D eigenvalue weighted by Crippen LogP contribution is 2.14. The summed E-state index contributed by atoms with van der Waals surface area (Å²) in [6, 6.07) is 0. The minimum Gasteiger partial charge on any atom is -0.378 e. The third-order valence-electron chi connectivity index (χ3n) is 2.43. The predicted octanol–water partition coefficient (Wildman–Crippen LogP) is 3.91. The van der Waals surface area contributed by atoms with E-state index < -0.39 is 0 Å². The van der Waals surface area contributed by atoms with E-state index in [1.807, 2.05) is 0 Å². The molecule has 1 heteroatoms. The zero-order chi connectivity index (χ0) is 11.1. The van der Waals surface area contributed by atoms with Crippen molar-refractivity contribution in [2.45, 2.75) is 47.0 Å². The Hall–Kier alpha value is -0.460. The molecule has 84 valence electrons. The molecule has 0 bridgehead atoms. The molecule has 0 aliphatic rings. The lowest BCUT2D eigenvalue weighted by molar-refractivity contribution is 0.346. The molecule has 0 saturated heterocycles. The summed E-state index contributed by atoms with van der Waals surface area (Å²) in [7, 11) is 2.15. The second-order valence-corrected chi connectivity index (χ2v) is 5.13. The summed E-state index contributed by atoms with van der Waals surface area (Å²) in [5.74, 6) is 1.54. The molecule has 0 aromatic carbocycles. The van der Waals surface area contributed by atoms with Crippen LogP contribution in [0.4, 0.5) is 0 Å². The molecule has 0 N–H and O–H groups in total. The molecule has 0 radical (unpaired) electrons. The molecule has 0 aliphatic carbocycles. The van der Waals surface area contributed by atoms with Gasteiger partial charge in [-0.15, -0.1) is 0 Å². The summed E-state index contributed by atoms with van der Waals surface area (Å²) in [5, 5.41) is 0. The zero-order valence-corrected chi connectivity index (χ0v) is 10.6. The molecule has 0 atom stereocenters. The maximum atomic E-state index is 4.13. The maximum Gasteiger partial charge on any atom is 0.0194 e. The Morgan fingerprint density at radius 3 is 2.14 bits per heavy atom. The highest BCUT2D eigenvalue weighted by Gasteiger charge is 2.04. The van der Waals surface area contributed by atoms with E-state index in [4.69, 9.17) is 0 Å². The highest BCUT2D eigenvalue weighted by molar-refractivity contribution is 4.92. The van der Waals surface area contributed by atoms with Crippen LogP contribution in [0.25, 0.3) is 0 Å². The van der Waals surface area contributed by atoms with Gasteiger partial charge in [-0.3, -0.25) is 0 Å². The molecule has 0 aromatic rings. The van der Waals surface area contributed by atoms with E-state index in [1.165, 1.54) is 18.5 Å². The van der Waals surface area contributed by atoms with Crippen molar-refractivity contribution >= 4 is 0 Å². The Bertz CT molecular complexity index is 159. The number of hydrogen-bond acceptors (Lipinski definition) is 1. The summed E-state index contributed by atoms with van der Waals surface area (Å²) in [6.07, 6.45) is 3.74. The number of rotatable bonds is 7. The van der Waals surface area contributed by atoms with Crippen LogP contribution >= 0.6 is 0 Å². The van der Waals surface area contributed by atoms with Crippen molar-refractivity contribution in [3.05, 3.63) is 12.3 Å². The van der Waals surface area contributed by atoms with E-state index in [9.17, 15) is 0 Å². The van der Waals surface area contributed by atoms with Gasteiger partial charge in [-0.1, -0.05) is 40.7 Å². The molecular weight excluding hydrogens is 170 g/mol. The third kappa shape index (κ3) is 6.99. The average molecular weight is 197 g/mol. The topological polar surface area (TPSA) is 3.24 Å². The van der Waals surface area contributed by atoms with Gasteiger partial charge < -0.3 is 4.90 Å². The molecule has 0 fully saturated rings. The third-order valence-corrected chi connectivity index (χ3v) is 2.43. The minimum absolute atomic E-state index is 0.724. The highest BCUT2D eigenvalue weighted by atomic mass is 15.1. The Morgan fingerprint density at radius 2 is 1.71 bits per heavy atom. The van der Waals surface area contributed by atoms with Gasteiger partial charge in [0.05, 0.1) is 0 Å². The van der Waals surface area contributed by atoms with Crippen LogP contribution in [0.5, 0.6) is 0 Å². The Balaban J connectivity index is 3.62. The molecule has 0 heterocycles. The Morgan fingerprint density at radius 1 is 1.14 bits per heavy atom. The van der Waals surface area contributed by atoms with Gasteiger partial charge in [0.15, 0.2) is 0 Å². The van der Waals surface area contributed by atoms with Gasteiger partial charge in [-0.25, -0.2) is 0 Å². The molecule has 0 amide bonds. The van der Waals surface area contributed by atoms with Crippen molar-refractivity contribution in [1.82, 2.24) is 4.90 Å². The van der Waals surface area contributed by atoms with Gasteiger partial charge >= 0.3 is 0 Å². The summed E-state index contributed by atoms with van der Waals surface area (Å²) < 4.78 is 0. The van der Waals surface area contributed by atoms with Gasteiger partial charge in [0, 0.05) is 19.3 Å². The van der Waals surface area contributed by atoms with Crippen molar-refractivity contribution in [2.24, 2.45) is 11.8 Å². The lowest BCUT2D eigenvalue weighted by atomic mass is 10.1.